The van der Waals surface area contributed by atoms with Gasteiger partial charge in [-0.2, -0.15) is 0 Å². The van der Waals surface area contributed by atoms with Crippen LogP contribution in [0.15, 0.2) is 48.7 Å². The van der Waals surface area contributed by atoms with Crippen LogP contribution in [0, 0.1) is 0 Å². The van der Waals surface area contributed by atoms with Crippen molar-refractivity contribution in [3.8, 4) is 11.6 Å². The number of hydrogen-bond acceptors (Lipinski definition) is 3. The molecule has 1 aromatic carbocycles. The van der Waals surface area contributed by atoms with Crippen LogP contribution < -0.4 is 4.74 Å². The van der Waals surface area contributed by atoms with E-state index in [1.165, 1.54) is 18.4 Å². The molecule has 0 radical (unpaired) electrons. The third-order valence-corrected chi connectivity index (χ3v) is 3.64. The van der Waals surface area contributed by atoms with Gasteiger partial charge in [0.1, 0.15) is 5.75 Å². The molecule has 2 heterocycles. The summed E-state index contributed by atoms with van der Waals surface area (Å²) in [6, 6.07) is 14.4. The summed E-state index contributed by atoms with van der Waals surface area (Å²) in [5, 5.41) is 0. The van der Waals surface area contributed by atoms with E-state index in [9.17, 15) is 0 Å². The Morgan fingerprint density at radius 2 is 2.00 bits per heavy atom. The minimum atomic E-state index is 0.424. The van der Waals surface area contributed by atoms with Crippen LogP contribution in [0.25, 0.3) is 0 Å². The Balaban J connectivity index is 1.89. The molecular formula is C16H18N2O. The lowest BCUT2D eigenvalue weighted by atomic mass is 10.1. The summed E-state index contributed by atoms with van der Waals surface area (Å²) in [4.78, 5) is 6.77. The predicted molar refractivity (Wildman–Crippen MR) is 75.4 cm³/mol. The van der Waals surface area contributed by atoms with Gasteiger partial charge in [0, 0.05) is 17.8 Å². The van der Waals surface area contributed by atoms with Gasteiger partial charge < -0.3 is 4.74 Å². The average Bonchev–Trinajstić information content (AvgIpc) is 2.87. The Kier molecular flexibility index (Phi) is 3.47. The molecule has 1 aromatic heterocycles. The van der Waals surface area contributed by atoms with E-state index in [4.69, 9.17) is 4.74 Å². The van der Waals surface area contributed by atoms with E-state index in [-0.39, 0.29) is 0 Å². The Bertz CT molecular complexity index is 541. The lowest BCUT2D eigenvalue weighted by Crippen LogP contribution is -2.18. The highest BCUT2D eigenvalue weighted by molar-refractivity contribution is 5.34. The second-order valence-corrected chi connectivity index (χ2v) is 4.95. The van der Waals surface area contributed by atoms with Gasteiger partial charge in [-0.15, -0.1) is 0 Å². The molecule has 3 nitrogen and oxygen atoms in total. The normalized spacial score (nSPS) is 19.5. The first kappa shape index (κ1) is 12.2. The van der Waals surface area contributed by atoms with E-state index in [1.54, 1.807) is 6.20 Å². The van der Waals surface area contributed by atoms with Crippen molar-refractivity contribution in [3.05, 3.63) is 54.2 Å². The third-order valence-electron chi connectivity index (χ3n) is 3.64. The van der Waals surface area contributed by atoms with Crippen molar-refractivity contribution in [3.63, 3.8) is 0 Å². The summed E-state index contributed by atoms with van der Waals surface area (Å²) in [6.45, 7) is 1.14. The van der Waals surface area contributed by atoms with E-state index in [0.717, 1.165) is 18.2 Å². The number of pyridine rings is 1. The fourth-order valence-electron chi connectivity index (χ4n) is 2.65. The van der Waals surface area contributed by atoms with Crippen molar-refractivity contribution >= 4 is 0 Å². The van der Waals surface area contributed by atoms with Gasteiger partial charge in [-0.3, -0.25) is 4.90 Å². The largest absolute Gasteiger partial charge is 0.439 e. The van der Waals surface area contributed by atoms with E-state index in [0.29, 0.717) is 6.04 Å². The molecule has 0 spiro atoms. The molecule has 1 fully saturated rings. The van der Waals surface area contributed by atoms with Crippen molar-refractivity contribution in [2.24, 2.45) is 0 Å². The van der Waals surface area contributed by atoms with Gasteiger partial charge in [-0.05, 0) is 44.6 Å². The van der Waals surface area contributed by atoms with Crippen LogP contribution in [0.4, 0.5) is 0 Å². The van der Waals surface area contributed by atoms with E-state index in [1.807, 2.05) is 36.4 Å². The molecule has 1 aliphatic rings. The minimum Gasteiger partial charge on any atom is -0.439 e. The molecule has 98 valence electrons. The van der Waals surface area contributed by atoms with Crippen LogP contribution in [0.1, 0.15) is 24.4 Å². The number of para-hydroxylation sites is 1. The second kappa shape index (κ2) is 5.41. The second-order valence-electron chi connectivity index (χ2n) is 4.95. The van der Waals surface area contributed by atoms with Crippen molar-refractivity contribution < 1.29 is 4.74 Å². The highest BCUT2D eigenvalue weighted by Gasteiger charge is 2.25. The maximum Gasteiger partial charge on any atom is 0.223 e. The number of benzene rings is 1. The van der Waals surface area contributed by atoms with Gasteiger partial charge in [0.15, 0.2) is 0 Å². The molecule has 3 heteroatoms. The van der Waals surface area contributed by atoms with Gasteiger partial charge >= 0.3 is 0 Å². The standard InChI is InChI=1S/C16H18N2O/c1-18-12-6-10-15(18)14-9-5-11-17-16(14)19-13-7-3-2-4-8-13/h2-5,7-9,11,15H,6,10,12H2,1H3/t15-/m1/s1. The molecule has 19 heavy (non-hydrogen) atoms. The Morgan fingerprint density at radius 1 is 1.16 bits per heavy atom. The molecule has 3 rings (SSSR count). The van der Waals surface area contributed by atoms with Crippen molar-refractivity contribution in [2.75, 3.05) is 13.6 Å². The Morgan fingerprint density at radius 3 is 2.74 bits per heavy atom. The molecule has 0 unspecified atom stereocenters. The third kappa shape index (κ3) is 2.61. The SMILES string of the molecule is CN1CCC[C@@H]1c1cccnc1Oc1ccccc1. The molecule has 0 bridgehead atoms. The van der Waals surface area contributed by atoms with Crippen LogP contribution in [0.5, 0.6) is 11.6 Å². The summed E-state index contributed by atoms with van der Waals surface area (Å²) in [7, 11) is 2.16. The maximum absolute atomic E-state index is 5.93. The van der Waals surface area contributed by atoms with E-state index < -0.39 is 0 Å². The maximum atomic E-state index is 5.93. The molecule has 2 aromatic rings. The summed E-state index contributed by atoms with van der Waals surface area (Å²) >= 11 is 0. The van der Waals surface area contributed by atoms with Crippen molar-refractivity contribution in [2.45, 2.75) is 18.9 Å². The molecule has 0 N–H and O–H groups in total. The molecule has 1 aliphatic heterocycles. The summed E-state index contributed by atoms with van der Waals surface area (Å²) in [5.74, 6) is 1.57. The number of ether oxygens (including phenoxy) is 1. The lowest BCUT2D eigenvalue weighted by molar-refractivity contribution is 0.308. The van der Waals surface area contributed by atoms with Crippen LogP contribution in [-0.4, -0.2) is 23.5 Å². The average molecular weight is 254 g/mol. The monoisotopic (exact) mass is 254 g/mol. The number of likely N-dealkylation sites (tertiary alicyclic amines) is 1. The first-order chi connectivity index (χ1) is 9.34. The fraction of sp³-hybridized carbons (Fsp3) is 0.312. The Labute approximate surface area is 113 Å². The predicted octanol–water partition coefficient (Wildman–Crippen LogP) is 3.64. The highest BCUT2D eigenvalue weighted by atomic mass is 16.5. The zero-order valence-corrected chi connectivity index (χ0v) is 11.1. The first-order valence-corrected chi connectivity index (χ1v) is 6.72. The minimum absolute atomic E-state index is 0.424. The summed E-state index contributed by atoms with van der Waals surface area (Å²) in [6.07, 6.45) is 4.20. The van der Waals surface area contributed by atoms with Crippen LogP contribution >= 0.6 is 0 Å². The van der Waals surface area contributed by atoms with Crippen LogP contribution in [-0.2, 0) is 0 Å². The van der Waals surface area contributed by atoms with Gasteiger partial charge in [0.2, 0.25) is 5.88 Å². The zero-order valence-electron chi connectivity index (χ0n) is 11.1. The van der Waals surface area contributed by atoms with E-state index in [2.05, 4.69) is 23.0 Å². The zero-order chi connectivity index (χ0) is 13.1. The lowest BCUT2D eigenvalue weighted by Gasteiger charge is -2.21. The molecule has 0 aliphatic carbocycles. The molecule has 0 amide bonds. The highest BCUT2D eigenvalue weighted by Crippen LogP contribution is 2.36. The van der Waals surface area contributed by atoms with Gasteiger partial charge in [0.25, 0.3) is 0 Å². The topological polar surface area (TPSA) is 25.4 Å². The summed E-state index contributed by atoms with van der Waals surface area (Å²) in [5.41, 5.74) is 1.19. The number of rotatable bonds is 3. The Hall–Kier alpha value is -1.87. The molecule has 1 atom stereocenters. The number of nitrogens with zero attached hydrogens (tertiary/aromatic N) is 2. The van der Waals surface area contributed by atoms with Crippen LogP contribution in [0.3, 0.4) is 0 Å². The van der Waals surface area contributed by atoms with Crippen LogP contribution in [0.2, 0.25) is 0 Å². The first-order valence-electron chi connectivity index (χ1n) is 6.72. The van der Waals surface area contributed by atoms with Gasteiger partial charge in [-0.25, -0.2) is 4.98 Å². The summed E-state index contributed by atoms with van der Waals surface area (Å²) < 4.78 is 5.93. The molecular weight excluding hydrogens is 236 g/mol. The number of aromatic nitrogens is 1. The molecule has 1 saturated heterocycles. The quantitative estimate of drug-likeness (QED) is 0.836. The van der Waals surface area contributed by atoms with Crippen molar-refractivity contribution in [1.29, 1.82) is 0 Å². The smallest absolute Gasteiger partial charge is 0.223 e. The van der Waals surface area contributed by atoms with Crippen molar-refractivity contribution in [1.82, 2.24) is 9.88 Å². The number of hydrogen-bond donors (Lipinski definition) is 0. The van der Waals surface area contributed by atoms with Gasteiger partial charge in [0.05, 0.1) is 0 Å². The fourth-order valence-corrected chi connectivity index (χ4v) is 2.65. The van der Waals surface area contributed by atoms with E-state index >= 15 is 0 Å². The van der Waals surface area contributed by atoms with Gasteiger partial charge in [-0.1, -0.05) is 24.3 Å². The molecule has 0 saturated carbocycles.